The minimum atomic E-state index is -0.560. The Morgan fingerprint density at radius 1 is 1.16 bits per heavy atom. The standard InChI is InChI=1S/C16H11Cl2N3O4/c1-9(24-14-8-11(17)4-7-13(14)18)15-19-20-16(25-15)10-2-5-12(6-3-10)21(22)23/h2-9H,1H3. The molecule has 1 aromatic heterocycles. The van der Waals surface area contributed by atoms with Crippen molar-refractivity contribution in [2.75, 3.05) is 0 Å². The summed E-state index contributed by atoms with van der Waals surface area (Å²) in [5.74, 6) is 0.874. The van der Waals surface area contributed by atoms with E-state index in [1.54, 1.807) is 25.1 Å². The van der Waals surface area contributed by atoms with Gasteiger partial charge in [0.25, 0.3) is 11.6 Å². The Kier molecular flexibility index (Phi) is 4.87. The van der Waals surface area contributed by atoms with Crippen molar-refractivity contribution < 1.29 is 14.1 Å². The highest BCUT2D eigenvalue weighted by Crippen LogP contribution is 2.32. The Balaban J connectivity index is 1.78. The van der Waals surface area contributed by atoms with Crippen molar-refractivity contribution in [2.45, 2.75) is 13.0 Å². The van der Waals surface area contributed by atoms with Gasteiger partial charge < -0.3 is 9.15 Å². The highest BCUT2D eigenvalue weighted by atomic mass is 35.5. The summed E-state index contributed by atoms with van der Waals surface area (Å²) in [6.07, 6.45) is -0.560. The second kappa shape index (κ2) is 7.08. The molecule has 0 fully saturated rings. The summed E-state index contributed by atoms with van der Waals surface area (Å²) in [4.78, 5) is 10.2. The van der Waals surface area contributed by atoms with Crippen LogP contribution < -0.4 is 4.74 Å². The van der Waals surface area contributed by atoms with Crippen LogP contribution in [0.3, 0.4) is 0 Å². The summed E-state index contributed by atoms with van der Waals surface area (Å²) in [6, 6.07) is 10.7. The van der Waals surface area contributed by atoms with Gasteiger partial charge in [0.2, 0.25) is 5.89 Å². The Morgan fingerprint density at radius 3 is 2.56 bits per heavy atom. The maximum Gasteiger partial charge on any atom is 0.269 e. The molecule has 7 nitrogen and oxygen atoms in total. The highest BCUT2D eigenvalue weighted by molar-refractivity contribution is 6.34. The zero-order chi connectivity index (χ0) is 18.0. The molecule has 0 bridgehead atoms. The summed E-state index contributed by atoms with van der Waals surface area (Å²) in [5.41, 5.74) is 0.549. The summed E-state index contributed by atoms with van der Waals surface area (Å²) in [6.45, 7) is 1.73. The minimum Gasteiger partial charge on any atom is -0.479 e. The zero-order valence-corrected chi connectivity index (χ0v) is 14.4. The van der Waals surface area contributed by atoms with E-state index in [2.05, 4.69) is 10.2 Å². The minimum absolute atomic E-state index is 0.0178. The van der Waals surface area contributed by atoms with Gasteiger partial charge in [0.1, 0.15) is 5.75 Å². The van der Waals surface area contributed by atoms with E-state index in [4.69, 9.17) is 32.4 Å². The van der Waals surface area contributed by atoms with Crippen LogP contribution in [0.2, 0.25) is 10.0 Å². The van der Waals surface area contributed by atoms with Crippen molar-refractivity contribution in [2.24, 2.45) is 0 Å². The Bertz CT molecular complexity index is 912. The lowest BCUT2D eigenvalue weighted by Gasteiger charge is -2.12. The van der Waals surface area contributed by atoms with E-state index in [1.807, 2.05) is 0 Å². The molecule has 3 aromatic rings. The Hall–Kier alpha value is -2.64. The number of benzene rings is 2. The number of hydrogen-bond donors (Lipinski definition) is 0. The molecule has 25 heavy (non-hydrogen) atoms. The van der Waals surface area contributed by atoms with Gasteiger partial charge in [-0.1, -0.05) is 23.2 Å². The average Bonchev–Trinajstić information content (AvgIpc) is 3.08. The smallest absolute Gasteiger partial charge is 0.269 e. The Morgan fingerprint density at radius 2 is 1.88 bits per heavy atom. The molecule has 3 rings (SSSR count). The van der Waals surface area contributed by atoms with E-state index >= 15 is 0 Å². The molecule has 128 valence electrons. The largest absolute Gasteiger partial charge is 0.479 e. The second-order valence-electron chi connectivity index (χ2n) is 5.08. The van der Waals surface area contributed by atoms with E-state index in [0.29, 0.717) is 21.4 Å². The van der Waals surface area contributed by atoms with Crippen molar-refractivity contribution in [3.63, 3.8) is 0 Å². The number of ether oxygens (including phenoxy) is 1. The molecule has 0 saturated heterocycles. The summed E-state index contributed by atoms with van der Waals surface area (Å²) >= 11 is 12.0. The molecule has 0 aliphatic rings. The van der Waals surface area contributed by atoms with E-state index in [0.717, 1.165) is 0 Å². The van der Waals surface area contributed by atoms with Gasteiger partial charge in [-0.3, -0.25) is 10.1 Å². The van der Waals surface area contributed by atoms with Gasteiger partial charge in [0.15, 0.2) is 6.10 Å². The summed E-state index contributed by atoms with van der Waals surface area (Å²) < 4.78 is 11.3. The molecule has 0 aliphatic carbocycles. The number of nitrogens with zero attached hydrogens (tertiary/aromatic N) is 3. The molecular formula is C16H11Cl2N3O4. The van der Waals surface area contributed by atoms with Crippen molar-refractivity contribution in [3.05, 3.63) is 68.5 Å². The highest BCUT2D eigenvalue weighted by Gasteiger charge is 2.18. The van der Waals surface area contributed by atoms with Crippen molar-refractivity contribution in [1.29, 1.82) is 0 Å². The molecule has 1 heterocycles. The van der Waals surface area contributed by atoms with E-state index in [1.165, 1.54) is 24.3 Å². The first-order chi connectivity index (χ1) is 11.9. The molecule has 0 spiro atoms. The molecule has 0 N–H and O–H groups in total. The number of rotatable bonds is 5. The van der Waals surface area contributed by atoms with Gasteiger partial charge in [-0.2, -0.15) is 0 Å². The number of nitro benzene ring substituents is 1. The van der Waals surface area contributed by atoms with Crippen LogP contribution in [-0.2, 0) is 0 Å². The third-order valence-electron chi connectivity index (χ3n) is 3.31. The first-order valence-corrected chi connectivity index (χ1v) is 7.89. The maximum absolute atomic E-state index is 10.7. The van der Waals surface area contributed by atoms with E-state index in [-0.39, 0.29) is 17.5 Å². The van der Waals surface area contributed by atoms with Crippen molar-refractivity contribution in [3.8, 4) is 17.2 Å². The lowest BCUT2D eigenvalue weighted by atomic mass is 10.2. The van der Waals surface area contributed by atoms with Crippen LogP contribution in [0, 0.1) is 10.1 Å². The van der Waals surface area contributed by atoms with E-state index < -0.39 is 11.0 Å². The number of nitro groups is 1. The van der Waals surface area contributed by atoms with Gasteiger partial charge in [0.05, 0.1) is 9.95 Å². The molecule has 2 aromatic carbocycles. The average molecular weight is 380 g/mol. The zero-order valence-electron chi connectivity index (χ0n) is 12.8. The molecule has 0 amide bonds. The molecular weight excluding hydrogens is 369 g/mol. The molecule has 0 saturated carbocycles. The Labute approximate surface area is 152 Å². The normalized spacial score (nSPS) is 12.0. The SMILES string of the molecule is CC(Oc1cc(Cl)ccc1Cl)c1nnc(-c2ccc([N+](=O)[O-])cc2)o1. The fourth-order valence-electron chi connectivity index (χ4n) is 2.05. The van der Waals surface area contributed by atoms with Crippen LogP contribution in [0.1, 0.15) is 18.9 Å². The molecule has 0 aliphatic heterocycles. The topological polar surface area (TPSA) is 91.3 Å². The number of aromatic nitrogens is 2. The number of non-ortho nitro benzene ring substituents is 1. The van der Waals surface area contributed by atoms with Gasteiger partial charge in [-0.05, 0) is 31.2 Å². The van der Waals surface area contributed by atoms with Crippen LogP contribution in [0.15, 0.2) is 46.9 Å². The quantitative estimate of drug-likeness (QED) is 0.452. The van der Waals surface area contributed by atoms with Crippen molar-refractivity contribution in [1.82, 2.24) is 10.2 Å². The van der Waals surface area contributed by atoms with Crippen LogP contribution in [0.4, 0.5) is 5.69 Å². The predicted octanol–water partition coefficient (Wildman–Crippen LogP) is 5.09. The number of hydrogen-bond acceptors (Lipinski definition) is 6. The monoisotopic (exact) mass is 379 g/mol. The predicted molar refractivity (Wildman–Crippen MR) is 91.9 cm³/mol. The van der Waals surface area contributed by atoms with Gasteiger partial charge in [-0.25, -0.2) is 0 Å². The van der Waals surface area contributed by atoms with Crippen LogP contribution in [0.25, 0.3) is 11.5 Å². The lowest BCUT2D eigenvalue weighted by molar-refractivity contribution is -0.384. The van der Waals surface area contributed by atoms with Crippen LogP contribution >= 0.6 is 23.2 Å². The molecule has 1 unspecified atom stereocenters. The third-order valence-corrected chi connectivity index (χ3v) is 3.86. The fraction of sp³-hybridized carbons (Fsp3) is 0.125. The van der Waals surface area contributed by atoms with Gasteiger partial charge >= 0.3 is 0 Å². The first-order valence-electron chi connectivity index (χ1n) is 7.14. The molecule has 1 atom stereocenters. The van der Waals surface area contributed by atoms with Gasteiger partial charge in [-0.15, -0.1) is 10.2 Å². The first kappa shape index (κ1) is 17.2. The van der Waals surface area contributed by atoms with Gasteiger partial charge in [0, 0.05) is 28.8 Å². The number of halogens is 2. The third kappa shape index (κ3) is 3.89. The van der Waals surface area contributed by atoms with Crippen molar-refractivity contribution >= 4 is 28.9 Å². The fourth-order valence-corrected chi connectivity index (χ4v) is 2.37. The van der Waals surface area contributed by atoms with E-state index in [9.17, 15) is 10.1 Å². The second-order valence-corrected chi connectivity index (χ2v) is 5.93. The molecule has 0 radical (unpaired) electrons. The summed E-state index contributed by atoms with van der Waals surface area (Å²) in [7, 11) is 0. The van der Waals surface area contributed by atoms with Crippen LogP contribution in [0.5, 0.6) is 5.75 Å². The maximum atomic E-state index is 10.7. The molecule has 9 heteroatoms. The lowest BCUT2D eigenvalue weighted by Crippen LogP contribution is -2.03. The summed E-state index contributed by atoms with van der Waals surface area (Å²) in [5, 5.41) is 19.5. The van der Waals surface area contributed by atoms with Crippen LogP contribution in [-0.4, -0.2) is 15.1 Å².